The zero-order chi connectivity index (χ0) is 24.4. The number of hydrogen-bond donors (Lipinski definition) is 4. The maximum atomic E-state index is 11.3. The average molecular weight is 615 g/mol. The first kappa shape index (κ1) is 28.2. The van der Waals surface area contributed by atoms with E-state index in [4.69, 9.17) is 10.8 Å². The predicted octanol–water partition coefficient (Wildman–Crippen LogP) is 1.31. The fraction of sp³-hybridized carbons (Fsp3) is 0.222. The second-order valence-electron chi connectivity index (χ2n) is 6.28. The number of carbonyl (C=O) groups is 2. The van der Waals surface area contributed by atoms with E-state index in [0.29, 0.717) is 0 Å². The Morgan fingerprint density at radius 2 is 1.22 bits per heavy atom. The maximum absolute atomic E-state index is 11.3. The quantitative estimate of drug-likeness (QED) is 0.312. The molecule has 32 heavy (non-hydrogen) atoms. The van der Waals surface area contributed by atoms with Gasteiger partial charge in [-0.1, -0.05) is 56.1 Å². The number of sulfonamides is 2. The summed E-state index contributed by atoms with van der Waals surface area (Å²) in [5, 5.41) is 8.36. The second kappa shape index (κ2) is 13.0. The van der Waals surface area contributed by atoms with Crippen LogP contribution in [0.1, 0.15) is 11.1 Å². The van der Waals surface area contributed by atoms with E-state index in [-0.39, 0.29) is 13.1 Å². The Morgan fingerprint density at radius 1 is 0.812 bits per heavy atom. The van der Waals surface area contributed by atoms with E-state index in [1.165, 1.54) is 0 Å². The largest absolute Gasteiger partial charge is 0.480 e. The summed E-state index contributed by atoms with van der Waals surface area (Å²) in [5.41, 5.74) is 6.35. The summed E-state index contributed by atoms with van der Waals surface area (Å²) in [6.45, 7) is 0.212. The van der Waals surface area contributed by atoms with Gasteiger partial charge in [-0.2, -0.15) is 0 Å². The van der Waals surface area contributed by atoms with Crippen molar-refractivity contribution in [2.24, 2.45) is 5.73 Å². The second-order valence-corrected chi connectivity index (χ2v) is 11.7. The molecular formula is C18H21Br2N3O7S2. The lowest BCUT2D eigenvalue weighted by Crippen LogP contribution is -2.32. The van der Waals surface area contributed by atoms with Crippen molar-refractivity contribution in [2.75, 3.05) is 11.5 Å². The van der Waals surface area contributed by atoms with Crippen LogP contribution in [0.3, 0.4) is 0 Å². The highest BCUT2D eigenvalue weighted by Crippen LogP contribution is 2.12. The Bertz CT molecular complexity index is 1070. The molecule has 0 saturated carbocycles. The molecule has 0 aliphatic heterocycles. The van der Waals surface area contributed by atoms with Crippen LogP contribution in [0.2, 0.25) is 0 Å². The molecule has 1 amide bonds. The number of halogens is 2. The first-order valence-electron chi connectivity index (χ1n) is 8.71. The van der Waals surface area contributed by atoms with Gasteiger partial charge in [-0.25, -0.2) is 26.3 Å². The number of rotatable bonds is 10. The van der Waals surface area contributed by atoms with Gasteiger partial charge in [0, 0.05) is 22.0 Å². The molecule has 2 rings (SSSR count). The highest BCUT2D eigenvalue weighted by Gasteiger charge is 2.15. The van der Waals surface area contributed by atoms with Gasteiger partial charge in [0.2, 0.25) is 26.0 Å². The Morgan fingerprint density at radius 3 is 1.56 bits per heavy atom. The van der Waals surface area contributed by atoms with Crippen LogP contribution in [0.5, 0.6) is 0 Å². The van der Waals surface area contributed by atoms with E-state index in [0.717, 1.165) is 20.1 Å². The Hall–Kier alpha value is -1.84. The van der Waals surface area contributed by atoms with Crippen LogP contribution in [0.25, 0.3) is 0 Å². The summed E-state index contributed by atoms with van der Waals surface area (Å²) < 4.78 is 51.1. The number of amides is 1. The molecule has 176 valence electrons. The van der Waals surface area contributed by atoms with Crippen LogP contribution in [0, 0.1) is 0 Å². The number of hydrogen-bond acceptors (Lipinski definition) is 6. The van der Waals surface area contributed by atoms with Crippen molar-refractivity contribution >= 4 is 63.8 Å². The fourth-order valence-electron chi connectivity index (χ4n) is 2.13. The van der Waals surface area contributed by atoms with Gasteiger partial charge in [0.05, 0.1) is 0 Å². The van der Waals surface area contributed by atoms with Crippen molar-refractivity contribution in [1.82, 2.24) is 9.44 Å². The number of aliphatic carboxylic acids is 1. The van der Waals surface area contributed by atoms with E-state index in [9.17, 15) is 26.4 Å². The number of primary amides is 1. The van der Waals surface area contributed by atoms with E-state index >= 15 is 0 Å². The van der Waals surface area contributed by atoms with Gasteiger partial charge in [-0.3, -0.25) is 9.59 Å². The Labute approximate surface area is 202 Å². The van der Waals surface area contributed by atoms with Crippen molar-refractivity contribution in [3.8, 4) is 0 Å². The van der Waals surface area contributed by atoms with Crippen LogP contribution in [-0.4, -0.2) is 45.3 Å². The smallest absolute Gasteiger partial charge is 0.320 e. The molecule has 0 aromatic heterocycles. The molecule has 2 aromatic rings. The topological polar surface area (TPSA) is 173 Å². The molecule has 0 saturated heterocycles. The molecule has 0 heterocycles. The lowest BCUT2D eigenvalue weighted by molar-refractivity contribution is -0.134. The van der Waals surface area contributed by atoms with Crippen LogP contribution in [0.4, 0.5) is 0 Å². The molecule has 0 fully saturated rings. The minimum absolute atomic E-state index is 0.0784. The van der Waals surface area contributed by atoms with Gasteiger partial charge in [-0.05, 0) is 35.4 Å². The SMILES string of the molecule is NC(=O)CS(=O)(=O)NCc1cccc(Br)c1.O=C(O)CS(=O)(=O)NCc1cccc(Br)c1. The molecule has 0 atom stereocenters. The summed E-state index contributed by atoms with van der Waals surface area (Å²) in [4.78, 5) is 20.7. The van der Waals surface area contributed by atoms with Gasteiger partial charge in [0.25, 0.3) is 0 Å². The molecule has 0 aliphatic carbocycles. The van der Waals surface area contributed by atoms with Gasteiger partial charge >= 0.3 is 5.97 Å². The Balaban J connectivity index is 0.000000320. The number of carboxylic acid groups (broad SMARTS) is 1. The molecule has 0 bridgehead atoms. The van der Waals surface area contributed by atoms with Crippen molar-refractivity contribution in [3.05, 3.63) is 68.6 Å². The molecule has 0 radical (unpaired) electrons. The first-order valence-corrected chi connectivity index (χ1v) is 13.6. The number of nitrogens with two attached hydrogens (primary N) is 1. The monoisotopic (exact) mass is 613 g/mol. The number of benzene rings is 2. The number of carboxylic acids is 1. The van der Waals surface area contributed by atoms with Crippen molar-refractivity contribution in [2.45, 2.75) is 13.1 Å². The molecule has 2 aromatic carbocycles. The van der Waals surface area contributed by atoms with Gasteiger partial charge in [0.1, 0.15) is 5.75 Å². The Kier molecular flexibility index (Phi) is 11.5. The summed E-state index contributed by atoms with van der Waals surface area (Å²) in [6, 6.07) is 14.3. The van der Waals surface area contributed by atoms with Gasteiger partial charge in [0.15, 0.2) is 5.75 Å². The highest BCUT2D eigenvalue weighted by atomic mass is 79.9. The lowest BCUT2D eigenvalue weighted by atomic mass is 10.2. The maximum Gasteiger partial charge on any atom is 0.320 e. The zero-order valence-electron chi connectivity index (χ0n) is 16.5. The van der Waals surface area contributed by atoms with E-state index in [2.05, 4.69) is 41.3 Å². The van der Waals surface area contributed by atoms with Gasteiger partial charge < -0.3 is 10.8 Å². The first-order chi connectivity index (χ1) is 14.8. The van der Waals surface area contributed by atoms with Crippen molar-refractivity contribution < 1.29 is 31.5 Å². The van der Waals surface area contributed by atoms with E-state index < -0.39 is 43.4 Å². The summed E-state index contributed by atoms with van der Waals surface area (Å²) in [5.74, 6) is -3.86. The molecule has 5 N–H and O–H groups in total. The fourth-order valence-corrected chi connectivity index (χ4v) is 4.70. The normalized spacial score (nSPS) is 11.3. The molecule has 0 unspecified atom stereocenters. The number of nitrogens with one attached hydrogen (secondary N) is 2. The highest BCUT2D eigenvalue weighted by molar-refractivity contribution is 9.10. The average Bonchev–Trinajstić information content (AvgIpc) is 2.64. The standard InChI is InChI=1S/C9H11BrN2O3S.C9H10BrNO4S/c10-8-3-1-2-7(4-8)5-12-16(14,15)6-9(11)13;10-8-3-1-2-7(4-8)5-11-16(14,15)6-9(12)13/h1-4,12H,5-6H2,(H2,11,13);1-4,11H,5-6H2,(H,12,13). The minimum atomic E-state index is -3.76. The molecule has 0 spiro atoms. The summed E-state index contributed by atoms with van der Waals surface area (Å²) in [6.07, 6.45) is 0. The molecular weight excluding hydrogens is 594 g/mol. The molecule has 14 heteroatoms. The van der Waals surface area contributed by atoms with Crippen LogP contribution in [-0.2, 0) is 42.7 Å². The van der Waals surface area contributed by atoms with Crippen LogP contribution in [0.15, 0.2) is 57.5 Å². The third-order valence-electron chi connectivity index (χ3n) is 3.42. The predicted molar refractivity (Wildman–Crippen MR) is 126 cm³/mol. The van der Waals surface area contributed by atoms with Crippen molar-refractivity contribution in [3.63, 3.8) is 0 Å². The molecule has 10 nitrogen and oxygen atoms in total. The third kappa shape index (κ3) is 12.9. The molecule has 0 aliphatic rings. The van der Waals surface area contributed by atoms with Crippen molar-refractivity contribution in [1.29, 1.82) is 0 Å². The van der Waals surface area contributed by atoms with Crippen LogP contribution < -0.4 is 15.2 Å². The minimum Gasteiger partial charge on any atom is -0.480 e. The lowest BCUT2D eigenvalue weighted by Gasteiger charge is -2.05. The van der Waals surface area contributed by atoms with Gasteiger partial charge in [-0.15, -0.1) is 0 Å². The van der Waals surface area contributed by atoms with E-state index in [1.807, 2.05) is 12.1 Å². The summed E-state index contributed by atoms with van der Waals surface area (Å²) in [7, 11) is -7.39. The third-order valence-corrected chi connectivity index (χ3v) is 6.86. The zero-order valence-corrected chi connectivity index (χ0v) is 21.3. The van der Waals surface area contributed by atoms with Crippen LogP contribution >= 0.6 is 31.9 Å². The summed E-state index contributed by atoms with van der Waals surface area (Å²) >= 11 is 6.52. The number of carbonyl (C=O) groups excluding carboxylic acids is 1. The van der Waals surface area contributed by atoms with E-state index in [1.54, 1.807) is 36.4 Å².